The number of hydrogen-bond acceptors (Lipinski definition) is 8. The molecule has 0 amide bonds. The van der Waals surface area contributed by atoms with Crippen LogP contribution in [0.25, 0.3) is 0 Å². The average Bonchev–Trinajstić information content (AvgIpc) is 2.82. The van der Waals surface area contributed by atoms with Gasteiger partial charge in [0.05, 0.1) is 25.9 Å². The van der Waals surface area contributed by atoms with Crippen molar-refractivity contribution in [2.24, 2.45) is 11.8 Å². The van der Waals surface area contributed by atoms with Crippen molar-refractivity contribution >= 4 is 17.7 Å². The molecule has 1 aliphatic heterocycles. The van der Waals surface area contributed by atoms with Crippen LogP contribution in [0.5, 0.6) is 5.75 Å². The van der Waals surface area contributed by atoms with Gasteiger partial charge in [-0.1, -0.05) is 26.0 Å². The number of nitrogens with one attached hydrogen (secondary N) is 1. The van der Waals surface area contributed by atoms with Crippen LogP contribution < -0.4 is 10.1 Å². The molecule has 34 heavy (non-hydrogen) atoms. The highest BCUT2D eigenvalue weighted by Crippen LogP contribution is 2.45. The predicted octanol–water partition coefficient (Wildman–Crippen LogP) is 3.28. The summed E-state index contributed by atoms with van der Waals surface area (Å²) in [5.74, 6) is -2.58. The second-order valence-electron chi connectivity index (χ2n) is 8.58. The van der Waals surface area contributed by atoms with E-state index in [1.807, 2.05) is 38.1 Å². The van der Waals surface area contributed by atoms with Crippen LogP contribution in [0.2, 0.25) is 0 Å². The Morgan fingerprint density at radius 2 is 1.79 bits per heavy atom. The molecule has 1 aliphatic carbocycles. The zero-order valence-electron chi connectivity index (χ0n) is 20.4. The first kappa shape index (κ1) is 25.5. The lowest BCUT2D eigenvalue weighted by Crippen LogP contribution is -2.43. The van der Waals surface area contributed by atoms with Gasteiger partial charge in [0.2, 0.25) is 0 Å². The van der Waals surface area contributed by atoms with E-state index in [0.717, 1.165) is 17.7 Å². The summed E-state index contributed by atoms with van der Waals surface area (Å²) in [6.45, 7) is 6.62. The molecule has 1 aromatic rings. The third-order valence-electron chi connectivity index (χ3n) is 6.17. The number of esters is 2. The Labute approximate surface area is 200 Å². The summed E-state index contributed by atoms with van der Waals surface area (Å²) in [5.41, 5.74) is 2.82. The smallest absolute Gasteiger partial charge is 0.336 e. The van der Waals surface area contributed by atoms with Crippen LogP contribution in [0, 0.1) is 11.8 Å². The van der Waals surface area contributed by atoms with Crippen LogP contribution in [0.15, 0.2) is 46.8 Å². The Morgan fingerprint density at radius 3 is 2.41 bits per heavy atom. The van der Waals surface area contributed by atoms with Crippen LogP contribution in [-0.4, -0.2) is 51.8 Å². The van der Waals surface area contributed by atoms with Crippen LogP contribution >= 0.6 is 0 Å². The molecule has 3 rings (SSSR count). The molecule has 1 N–H and O–H groups in total. The number of rotatable bonds is 9. The van der Waals surface area contributed by atoms with E-state index in [1.165, 1.54) is 14.2 Å². The summed E-state index contributed by atoms with van der Waals surface area (Å²) in [7, 11) is 2.80. The van der Waals surface area contributed by atoms with Crippen molar-refractivity contribution in [2.45, 2.75) is 39.5 Å². The van der Waals surface area contributed by atoms with E-state index in [-0.39, 0.29) is 24.9 Å². The average molecular weight is 472 g/mol. The van der Waals surface area contributed by atoms with Crippen molar-refractivity contribution in [3.8, 4) is 5.75 Å². The number of benzene rings is 1. The largest absolute Gasteiger partial charge is 0.494 e. The molecule has 0 radical (unpaired) electrons. The highest BCUT2D eigenvalue weighted by molar-refractivity contribution is 6.12. The SMILES string of the molecule is CCCOc1ccc(C2C(C(=O)OCCOC)=C(C)NC3=C2C(=O)C(C(=O)OC)C(C)C3)cc1. The van der Waals surface area contributed by atoms with Crippen molar-refractivity contribution in [3.05, 3.63) is 52.4 Å². The summed E-state index contributed by atoms with van der Waals surface area (Å²) < 4.78 is 21.1. The number of carbonyl (C=O) groups excluding carboxylic acids is 3. The Kier molecular flexibility index (Phi) is 8.50. The Balaban J connectivity index is 2.07. The molecule has 8 nitrogen and oxygen atoms in total. The maximum Gasteiger partial charge on any atom is 0.336 e. The first-order chi connectivity index (χ1) is 16.3. The Morgan fingerprint density at radius 1 is 1.09 bits per heavy atom. The minimum Gasteiger partial charge on any atom is -0.494 e. The molecule has 0 aromatic heterocycles. The molecular formula is C26H33NO7. The van der Waals surface area contributed by atoms with Gasteiger partial charge in [-0.05, 0) is 43.4 Å². The zero-order chi connectivity index (χ0) is 24.8. The Bertz CT molecular complexity index is 993. The fraction of sp³-hybridized carbons (Fsp3) is 0.500. The molecule has 3 unspecified atom stereocenters. The minimum atomic E-state index is -0.927. The number of hydrogen-bond donors (Lipinski definition) is 1. The van der Waals surface area contributed by atoms with Gasteiger partial charge < -0.3 is 24.3 Å². The first-order valence-corrected chi connectivity index (χ1v) is 11.6. The van der Waals surface area contributed by atoms with E-state index in [4.69, 9.17) is 18.9 Å². The van der Waals surface area contributed by atoms with Crippen molar-refractivity contribution in [2.75, 3.05) is 34.0 Å². The van der Waals surface area contributed by atoms with Crippen LogP contribution in [0.3, 0.4) is 0 Å². The molecule has 0 fully saturated rings. The van der Waals surface area contributed by atoms with Gasteiger partial charge in [0.1, 0.15) is 18.3 Å². The van der Waals surface area contributed by atoms with E-state index in [2.05, 4.69) is 5.32 Å². The molecular weight excluding hydrogens is 438 g/mol. The van der Waals surface area contributed by atoms with Crippen molar-refractivity contribution in [3.63, 3.8) is 0 Å². The van der Waals surface area contributed by atoms with Gasteiger partial charge in [0.15, 0.2) is 5.78 Å². The van der Waals surface area contributed by atoms with Gasteiger partial charge >= 0.3 is 11.9 Å². The summed E-state index contributed by atoms with van der Waals surface area (Å²) in [4.78, 5) is 39.3. The van der Waals surface area contributed by atoms with Crippen molar-refractivity contribution in [1.29, 1.82) is 0 Å². The molecule has 1 heterocycles. The number of dihydropyridines is 1. The van der Waals surface area contributed by atoms with E-state index >= 15 is 0 Å². The summed E-state index contributed by atoms with van der Waals surface area (Å²) in [6.07, 6.45) is 1.37. The molecule has 184 valence electrons. The highest BCUT2D eigenvalue weighted by Gasteiger charge is 2.47. The number of ketones is 1. The molecule has 0 saturated carbocycles. The zero-order valence-corrected chi connectivity index (χ0v) is 20.4. The van der Waals surface area contributed by atoms with Crippen molar-refractivity contribution < 1.29 is 33.3 Å². The molecule has 0 bridgehead atoms. The molecule has 0 saturated heterocycles. The Hall–Kier alpha value is -3.13. The van der Waals surface area contributed by atoms with Crippen LogP contribution in [0.1, 0.15) is 45.1 Å². The van der Waals surface area contributed by atoms with Gasteiger partial charge in [0.25, 0.3) is 0 Å². The fourth-order valence-electron chi connectivity index (χ4n) is 4.56. The monoisotopic (exact) mass is 471 g/mol. The summed E-state index contributed by atoms with van der Waals surface area (Å²) >= 11 is 0. The van der Waals surface area contributed by atoms with Gasteiger partial charge in [-0.2, -0.15) is 0 Å². The topological polar surface area (TPSA) is 100 Å². The van der Waals surface area contributed by atoms with Crippen LogP contribution in [-0.2, 0) is 28.6 Å². The van der Waals surface area contributed by atoms with Gasteiger partial charge in [-0.3, -0.25) is 9.59 Å². The molecule has 2 aliphatic rings. The number of methoxy groups -OCH3 is 2. The maximum absolute atomic E-state index is 13.7. The minimum absolute atomic E-state index is 0.0876. The third-order valence-corrected chi connectivity index (χ3v) is 6.17. The number of Topliss-reactive ketones (excluding diaryl/α,β-unsaturated/α-hetero) is 1. The van der Waals surface area contributed by atoms with E-state index < -0.39 is 23.8 Å². The third kappa shape index (κ3) is 5.17. The standard InChI is InChI=1S/C26H33NO7/c1-6-11-33-18-9-7-17(8-10-18)22-21(26(30)34-13-12-31-4)16(3)27-19-14-15(2)20(25(29)32-5)24(28)23(19)22/h7-10,15,20,22,27H,6,11-14H2,1-5H3. The molecule has 1 aromatic carbocycles. The molecule has 3 atom stereocenters. The second kappa shape index (κ2) is 11.3. The molecule has 0 spiro atoms. The highest BCUT2D eigenvalue weighted by atomic mass is 16.6. The lowest BCUT2D eigenvalue weighted by molar-refractivity contribution is -0.151. The second-order valence-corrected chi connectivity index (χ2v) is 8.58. The van der Waals surface area contributed by atoms with Crippen LogP contribution in [0.4, 0.5) is 0 Å². The summed E-state index contributed by atoms with van der Waals surface area (Å²) in [6, 6.07) is 7.34. The summed E-state index contributed by atoms with van der Waals surface area (Å²) in [5, 5.41) is 3.25. The van der Waals surface area contributed by atoms with E-state index in [1.54, 1.807) is 6.92 Å². The quantitative estimate of drug-likeness (QED) is 0.333. The number of carbonyl (C=O) groups is 3. The first-order valence-electron chi connectivity index (χ1n) is 11.6. The van der Waals surface area contributed by atoms with E-state index in [0.29, 0.717) is 35.6 Å². The lowest BCUT2D eigenvalue weighted by Gasteiger charge is -2.38. The number of allylic oxidation sites excluding steroid dienone is 3. The normalized spacial score (nSPS) is 22.1. The number of ether oxygens (including phenoxy) is 4. The molecule has 8 heteroatoms. The van der Waals surface area contributed by atoms with Gasteiger partial charge in [0, 0.05) is 30.0 Å². The van der Waals surface area contributed by atoms with Gasteiger partial charge in [-0.15, -0.1) is 0 Å². The maximum atomic E-state index is 13.7. The lowest BCUT2D eigenvalue weighted by atomic mass is 9.69. The fourth-order valence-corrected chi connectivity index (χ4v) is 4.56. The van der Waals surface area contributed by atoms with Gasteiger partial charge in [-0.25, -0.2) is 4.79 Å². The predicted molar refractivity (Wildman–Crippen MR) is 125 cm³/mol. The van der Waals surface area contributed by atoms with E-state index in [9.17, 15) is 14.4 Å². The van der Waals surface area contributed by atoms with Crippen molar-refractivity contribution in [1.82, 2.24) is 5.32 Å².